The predicted molar refractivity (Wildman–Crippen MR) is 89.2 cm³/mol. The van der Waals surface area contributed by atoms with Gasteiger partial charge in [0.25, 0.3) is 11.6 Å². The Morgan fingerprint density at radius 3 is 2.35 bits per heavy atom. The number of hydrazone groups is 1. The number of carbonyl (C=O) groups is 1. The van der Waals surface area contributed by atoms with Crippen LogP contribution >= 0.6 is 23.2 Å². The van der Waals surface area contributed by atoms with Crippen LogP contribution in [0.3, 0.4) is 0 Å². The van der Waals surface area contributed by atoms with Crippen molar-refractivity contribution in [3.63, 3.8) is 0 Å². The molecule has 0 atom stereocenters. The summed E-state index contributed by atoms with van der Waals surface area (Å²) < 4.78 is 0. The number of carbonyl (C=O) groups excluding carboxylic acids is 1. The van der Waals surface area contributed by atoms with Gasteiger partial charge in [0.05, 0.1) is 10.6 Å². The first-order chi connectivity index (χ1) is 10.9. The highest BCUT2D eigenvalue weighted by Gasteiger charge is 2.16. The normalized spacial score (nSPS) is 11.2. The summed E-state index contributed by atoms with van der Waals surface area (Å²) in [6, 6.07) is 10.7. The van der Waals surface area contributed by atoms with Gasteiger partial charge in [-0.25, -0.2) is 5.43 Å². The van der Waals surface area contributed by atoms with Crippen molar-refractivity contribution < 1.29 is 9.72 Å². The average molecular weight is 352 g/mol. The van der Waals surface area contributed by atoms with Gasteiger partial charge < -0.3 is 0 Å². The van der Waals surface area contributed by atoms with E-state index in [0.717, 1.165) is 11.6 Å². The first-order valence-electron chi connectivity index (χ1n) is 6.43. The summed E-state index contributed by atoms with van der Waals surface area (Å²) in [6.07, 6.45) is 0. The molecule has 0 spiro atoms. The van der Waals surface area contributed by atoms with E-state index in [1.165, 1.54) is 12.1 Å². The van der Waals surface area contributed by atoms with Gasteiger partial charge in [-0.05, 0) is 36.8 Å². The molecule has 6 nitrogen and oxygen atoms in total. The van der Waals surface area contributed by atoms with Gasteiger partial charge in [-0.2, -0.15) is 5.10 Å². The van der Waals surface area contributed by atoms with E-state index in [9.17, 15) is 14.9 Å². The van der Waals surface area contributed by atoms with Crippen LogP contribution in [0.2, 0.25) is 10.0 Å². The quantitative estimate of drug-likeness (QED) is 0.512. The molecule has 0 radical (unpaired) electrons. The van der Waals surface area contributed by atoms with Crippen molar-refractivity contribution in [2.75, 3.05) is 0 Å². The van der Waals surface area contributed by atoms with Crippen molar-refractivity contribution >= 4 is 40.5 Å². The number of nitro benzene ring substituents is 1. The van der Waals surface area contributed by atoms with Gasteiger partial charge in [0.1, 0.15) is 5.02 Å². The van der Waals surface area contributed by atoms with Crippen molar-refractivity contribution in [2.45, 2.75) is 6.92 Å². The van der Waals surface area contributed by atoms with E-state index >= 15 is 0 Å². The smallest absolute Gasteiger partial charge is 0.267 e. The zero-order chi connectivity index (χ0) is 17.0. The number of rotatable bonds is 4. The Labute approximate surface area is 141 Å². The van der Waals surface area contributed by atoms with Gasteiger partial charge in [-0.3, -0.25) is 14.9 Å². The van der Waals surface area contributed by atoms with Crippen molar-refractivity contribution in [1.82, 2.24) is 5.43 Å². The van der Waals surface area contributed by atoms with Crippen LogP contribution in [0, 0.1) is 10.1 Å². The first kappa shape index (κ1) is 16.9. The summed E-state index contributed by atoms with van der Waals surface area (Å²) in [6.45, 7) is 1.72. The Hall–Kier alpha value is -2.44. The van der Waals surface area contributed by atoms with E-state index < -0.39 is 10.8 Å². The maximum Gasteiger partial charge on any atom is 0.288 e. The lowest BCUT2D eigenvalue weighted by atomic mass is 10.1. The highest BCUT2D eigenvalue weighted by molar-refractivity contribution is 6.32. The summed E-state index contributed by atoms with van der Waals surface area (Å²) in [7, 11) is 0. The molecule has 0 saturated carbocycles. The molecule has 1 amide bonds. The van der Waals surface area contributed by atoms with E-state index in [4.69, 9.17) is 23.2 Å². The minimum Gasteiger partial charge on any atom is -0.267 e. The summed E-state index contributed by atoms with van der Waals surface area (Å²) in [5, 5.41) is 15.4. The summed E-state index contributed by atoms with van der Waals surface area (Å²) in [5.41, 5.74) is 3.46. The number of hydrogen-bond acceptors (Lipinski definition) is 4. The molecule has 0 aromatic heterocycles. The molecule has 0 fully saturated rings. The predicted octanol–water partition coefficient (Wildman–Crippen LogP) is 4.06. The molecule has 2 aromatic rings. The lowest BCUT2D eigenvalue weighted by molar-refractivity contribution is -0.384. The maximum atomic E-state index is 12.0. The number of amides is 1. The number of nitro groups is 1. The largest absolute Gasteiger partial charge is 0.288 e. The second-order valence-electron chi connectivity index (χ2n) is 4.57. The molecule has 0 aliphatic heterocycles. The number of halogens is 2. The van der Waals surface area contributed by atoms with Crippen molar-refractivity contribution in [3.05, 3.63) is 73.8 Å². The van der Waals surface area contributed by atoms with Gasteiger partial charge in [0.15, 0.2) is 0 Å². The van der Waals surface area contributed by atoms with E-state index in [0.29, 0.717) is 10.7 Å². The van der Waals surface area contributed by atoms with E-state index in [-0.39, 0.29) is 16.3 Å². The van der Waals surface area contributed by atoms with Gasteiger partial charge in [0.2, 0.25) is 0 Å². The molecule has 2 aromatic carbocycles. The zero-order valence-electron chi connectivity index (χ0n) is 11.9. The van der Waals surface area contributed by atoms with Crippen LogP contribution in [0.15, 0.2) is 47.6 Å². The molecule has 2 rings (SSSR count). The molecule has 8 heteroatoms. The fraction of sp³-hybridized carbons (Fsp3) is 0.0667. The van der Waals surface area contributed by atoms with E-state index in [1.807, 2.05) is 0 Å². The van der Waals surface area contributed by atoms with Crippen molar-refractivity contribution in [2.24, 2.45) is 5.10 Å². The van der Waals surface area contributed by atoms with Gasteiger partial charge in [0, 0.05) is 16.7 Å². The second kappa shape index (κ2) is 7.21. The maximum absolute atomic E-state index is 12.0. The third kappa shape index (κ3) is 4.28. The molecular formula is C15H11Cl2N3O3. The van der Waals surface area contributed by atoms with Gasteiger partial charge in [-0.1, -0.05) is 35.3 Å². The monoisotopic (exact) mass is 351 g/mol. The zero-order valence-corrected chi connectivity index (χ0v) is 13.4. The number of benzene rings is 2. The molecule has 23 heavy (non-hydrogen) atoms. The molecule has 0 saturated heterocycles. The SMILES string of the molecule is C/C(=N/NC(=O)c1ccc(Cl)c([N+](=O)[O-])c1)c1ccc(Cl)cc1. The van der Waals surface area contributed by atoms with Gasteiger partial charge >= 0.3 is 0 Å². The Morgan fingerprint density at radius 2 is 1.74 bits per heavy atom. The van der Waals surface area contributed by atoms with Gasteiger partial charge in [-0.15, -0.1) is 0 Å². The minimum atomic E-state index is -0.651. The molecule has 0 heterocycles. The topological polar surface area (TPSA) is 84.6 Å². The number of hydrogen-bond donors (Lipinski definition) is 1. The second-order valence-corrected chi connectivity index (χ2v) is 5.41. The Balaban J connectivity index is 2.16. The van der Waals surface area contributed by atoms with Crippen LogP contribution in [0.1, 0.15) is 22.8 Å². The van der Waals surface area contributed by atoms with E-state index in [1.54, 1.807) is 31.2 Å². The summed E-state index contributed by atoms with van der Waals surface area (Å²) in [5.74, 6) is -0.571. The third-order valence-electron chi connectivity index (χ3n) is 2.99. The van der Waals surface area contributed by atoms with Crippen LogP contribution in [0.5, 0.6) is 0 Å². The molecule has 0 unspecified atom stereocenters. The third-order valence-corrected chi connectivity index (χ3v) is 3.56. The first-order valence-corrected chi connectivity index (χ1v) is 7.18. The molecule has 0 aliphatic carbocycles. The van der Waals surface area contributed by atoms with Crippen molar-refractivity contribution in [3.8, 4) is 0 Å². The van der Waals surface area contributed by atoms with Crippen LogP contribution in [0.4, 0.5) is 5.69 Å². The van der Waals surface area contributed by atoms with Crippen LogP contribution in [0.25, 0.3) is 0 Å². The lowest BCUT2D eigenvalue weighted by Gasteiger charge is -2.04. The Kier molecular flexibility index (Phi) is 5.31. The summed E-state index contributed by atoms with van der Waals surface area (Å²) >= 11 is 11.5. The van der Waals surface area contributed by atoms with Crippen molar-refractivity contribution in [1.29, 1.82) is 0 Å². The lowest BCUT2D eigenvalue weighted by Crippen LogP contribution is -2.19. The standard InChI is InChI=1S/C15H11Cl2N3O3/c1-9(10-2-5-12(16)6-3-10)18-19-15(21)11-4-7-13(17)14(8-11)20(22)23/h2-8H,1H3,(H,19,21)/b18-9-. The van der Waals surface area contributed by atoms with E-state index in [2.05, 4.69) is 10.5 Å². The molecular weight excluding hydrogens is 341 g/mol. The van der Waals surface area contributed by atoms with Crippen LogP contribution in [-0.4, -0.2) is 16.5 Å². The minimum absolute atomic E-state index is 0.0348. The van der Waals surface area contributed by atoms with Crippen LogP contribution in [-0.2, 0) is 0 Å². The Morgan fingerprint density at radius 1 is 1.13 bits per heavy atom. The fourth-order valence-corrected chi connectivity index (χ4v) is 2.06. The number of nitrogens with zero attached hydrogens (tertiary/aromatic N) is 2. The molecule has 118 valence electrons. The summed E-state index contributed by atoms with van der Waals surface area (Å²) in [4.78, 5) is 22.2. The molecule has 1 N–H and O–H groups in total. The number of nitrogens with one attached hydrogen (secondary N) is 1. The van der Waals surface area contributed by atoms with Crippen LogP contribution < -0.4 is 5.43 Å². The Bertz CT molecular complexity index is 789. The highest BCUT2D eigenvalue weighted by Crippen LogP contribution is 2.25. The highest BCUT2D eigenvalue weighted by atomic mass is 35.5. The molecule has 0 bridgehead atoms. The average Bonchev–Trinajstić information content (AvgIpc) is 2.53. The molecule has 0 aliphatic rings. The fourth-order valence-electron chi connectivity index (χ4n) is 1.75.